The summed E-state index contributed by atoms with van der Waals surface area (Å²) in [6, 6.07) is -1.61. The minimum absolute atomic E-state index is 0.0452. The molecule has 126 valence electrons. The van der Waals surface area contributed by atoms with Gasteiger partial charge < -0.3 is 30.8 Å². The fourth-order valence-electron chi connectivity index (χ4n) is 3.13. The quantitative estimate of drug-likeness (QED) is 0.617. The van der Waals surface area contributed by atoms with E-state index in [0.29, 0.717) is 0 Å². The normalized spacial score (nSPS) is 54.0. The van der Waals surface area contributed by atoms with Gasteiger partial charge in [-0.15, -0.1) is 0 Å². The third kappa shape index (κ3) is 3.83. The summed E-state index contributed by atoms with van der Waals surface area (Å²) in [5, 5.41) is 10.2. The van der Waals surface area contributed by atoms with Gasteiger partial charge in [-0.05, 0) is 18.7 Å². The maximum absolute atomic E-state index is 10.2. The number of aliphatic hydroxyl groups excluding tert-OH is 1. The Kier molecular flexibility index (Phi) is 5.76. The smallest absolute Gasteiger partial charge is 0.175 e. The highest BCUT2D eigenvalue weighted by Crippen LogP contribution is 2.28. The maximum Gasteiger partial charge on any atom is 0.175 e. The van der Waals surface area contributed by atoms with Crippen molar-refractivity contribution in [3.8, 4) is 0 Å². The van der Waals surface area contributed by atoms with Crippen LogP contribution in [0.1, 0.15) is 35.0 Å². The third-order valence-electron chi connectivity index (χ3n) is 4.81. The highest BCUT2D eigenvalue weighted by atomic mass is 16.7. The van der Waals surface area contributed by atoms with Crippen molar-refractivity contribution in [2.45, 2.75) is 76.3 Å². The number of rotatable bonds is 4. The van der Waals surface area contributed by atoms with Crippen molar-refractivity contribution in [1.82, 2.24) is 0 Å². The molecule has 0 spiro atoms. The largest absolute Gasteiger partial charge is 0.391 e. The van der Waals surface area contributed by atoms with Crippen molar-refractivity contribution in [3.05, 3.63) is 0 Å². The summed E-state index contributed by atoms with van der Waals surface area (Å²) in [6.07, 6.45) is -1.77. The molecule has 2 heterocycles. The lowest BCUT2D eigenvalue weighted by atomic mass is 9.80. The third-order valence-corrected chi connectivity index (χ3v) is 4.81. The van der Waals surface area contributed by atoms with Gasteiger partial charge in [0.15, 0.2) is 6.29 Å². The van der Waals surface area contributed by atoms with Crippen LogP contribution in [0.2, 0.25) is 0 Å². The Labute approximate surface area is 135 Å². The molecular weight excluding hydrogens is 283 g/mol. The van der Waals surface area contributed by atoms with E-state index in [-0.39, 0.29) is 30.6 Å². The van der Waals surface area contributed by atoms with E-state index in [4.69, 9.17) is 34.9 Å². The van der Waals surface area contributed by atoms with Crippen molar-refractivity contribution in [3.63, 3.8) is 0 Å². The summed E-state index contributed by atoms with van der Waals surface area (Å²) in [4.78, 5) is 0. The molecule has 0 aromatic heterocycles. The number of ether oxygens (including phenoxy) is 3. The van der Waals surface area contributed by atoms with Crippen molar-refractivity contribution in [1.29, 1.82) is 0 Å². The van der Waals surface area contributed by atoms with Crippen molar-refractivity contribution < 1.29 is 20.7 Å². The van der Waals surface area contributed by atoms with Crippen LogP contribution in [0.5, 0.6) is 0 Å². The summed E-state index contributed by atoms with van der Waals surface area (Å²) in [5.74, 6) is -0.140. The molecule has 0 aromatic carbocycles. The first-order chi connectivity index (χ1) is 10.8. The Hall–Kier alpha value is -0.175. The molecule has 4 unspecified atom stereocenters. The average Bonchev–Trinajstić information content (AvgIpc) is 2.54. The van der Waals surface area contributed by atoms with Crippen molar-refractivity contribution >= 4 is 7.85 Å². The molecule has 0 amide bonds. The van der Waals surface area contributed by atoms with Crippen LogP contribution in [0.3, 0.4) is 0 Å². The minimum Gasteiger partial charge on any atom is -0.391 e. The predicted octanol–water partition coefficient (Wildman–Crippen LogP) is -0.291. The van der Waals surface area contributed by atoms with Gasteiger partial charge in [-0.25, -0.2) is 0 Å². The maximum atomic E-state index is 10.2. The average molecular weight is 313 g/mol. The number of nitrogens with two attached hydrogens (primary N) is 2. The molecule has 5 N–H and O–H groups in total. The van der Waals surface area contributed by atoms with E-state index in [0.717, 1.165) is 6.42 Å². The standard InChI is InChI=1S/C15H29BN2O4/c1-4-10-8(3)13(19)12(18)15(22-10)20-6-9-5-7(2)11(17)14(16)21-9/h7-15,19H,4-6,17-18H2,1-3H3/t7?,8-,9?,10?,11+,12+,13?,14+,15-/m1/s1/i5D/t5-,7?,8+,9?,10?,11-,12-,13?,14-,15+/m0. The monoisotopic (exact) mass is 313 g/mol. The SMILES string of the molecule is [2H][C@@H]1C(CO[C@@H]2OC(CC)[C@@H](C)C(O)[C@@H]2N)O[C@H]([B])[C@@H](N)C1C. The minimum atomic E-state index is -0.718. The Morgan fingerprint density at radius 2 is 2.00 bits per heavy atom. The molecule has 2 fully saturated rings. The molecule has 7 heteroatoms. The van der Waals surface area contributed by atoms with Crippen LogP contribution in [0.25, 0.3) is 0 Å². The fourth-order valence-corrected chi connectivity index (χ4v) is 3.13. The Balaban J connectivity index is 1.94. The van der Waals surface area contributed by atoms with Gasteiger partial charge in [0.1, 0.15) is 7.85 Å². The molecule has 2 rings (SSSR count). The highest BCUT2D eigenvalue weighted by molar-refractivity contribution is 6.11. The number of aliphatic hydroxyl groups is 1. The molecular formula is C15H29BN2O4. The van der Waals surface area contributed by atoms with E-state index in [1.807, 2.05) is 20.8 Å². The van der Waals surface area contributed by atoms with Crippen LogP contribution in [-0.4, -0.2) is 62.2 Å². The van der Waals surface area contributed by atoms with Gasteiger partial charge in [0.05, 0.1) is 31.0 Å². The lowest BCUT2D eigenvalue weighted by molar-refractivity contribution is -0.254. The molecule has 10 atom stereocenters. The van der Waals surface area contributed by atoms with Crippen LogP contribution in [0, 0.1) is 11.8 Å². The summed E-state index contributed by atoms with van der Waals surface area (Å²) in [5.41, 5.74) is 11.9. The zero-order chi connectivity index (χ0) is 17.3. The van der Waals surface area contributed by atoms with Crippen LogP contribution < -0.4 is 11.5 Å². The van der Waals surface area contributed by atoms with E-state index >= 15 is 0 Å². The lowest BCUT2D eigenvalue weighted by Gasteiger charge is -2.43. The Morgan fingerprint density at radius 1 is 1.32 bits per heavy atom. The summed E-state index contributed by atoms with van der Waals surface area (Å²) >= 11 is 0. The second-order valence-corrected chi connectivity index (χ2v) is 6.48. The molecule has 0 saturated carbocycles. The lowest BCUT2D eigenvalue weighted by Crippen LogP contribution is -2.59. The first kappa shape index (κ1) is 16.7. The number of hydrogen-bond acceptors (Lipinski definition) is 6. The van der Waals surface area contributed by atoms with Crippen LogP contribution >= 0.6 is 0 Å². The van der Waals surface area contributed by atoms with Gasteiger partial charge in [0, 0.05) is 19.3 Å². The first-order valence-electron chi connectivity index (χ1n) is 8.65. The van der Waals surface area contributed by atoms with E-state index in [9.17, 15) is 5.11 Å². The second kappa shape index (κ2) is 7.60. The first-order valence-corrected chi connectivity index (χ1v) is 8.07. The molecule has 6 nitrogen and oxygen atoms in total. The Bertz CT molecular complexity index is 392. The molecule has 2 radical (unpaired) electrons. The highest BCUT2D eigenvalue weighted by Gasteiger charge is 2.41. The summed E-state index contributed by atoms with van der Waals surface area (Å²) in [6.45, 7) is 5.93. The molecule has 2 saturated heterocycles. The zero-order valence-electron chi connectivity index (χ0n) is 14.6. The predicted molar refractivity (Wildman–Crippen MR) is 84.2 cm³/mol. The van der Waals surface area contributed by atoms with Gasteiger partial charge in [-0.3, -0.25) is 0 Å². The van der Waals surface area contributed by atoms with Gasteiger partial charge in [0.2, 0.25) is 0 Å². The summed E-state index contributed by atoms with van der Waals surface area (Å²) in [7, 11) is 5.86. The van der Waals surface area contributed by atoms with Crippen molar-refractivity contribution in [2.24, 2.45) is 23.3 Å². The van der Waals surface area contributed by atoms with E-state index in [1.54, 1.807) is 0 Å². The van der Waals surface area contributed by atoms with Crippen LogP contribution in [0.15, 0.2) is 0 Å². The van der Waals surface area contributed by atoms with Gasteiger partial charge in [-0.2, -0.15) is 0 Å². The van der Waals surface area contributed by atoms with Crippen LogP contribution in [-0.2, 0) is 14.2 Å². The fraction of sp³-hybridized carbons (Fsp3) is 1.00. The number of hydrogen-bond donors (Lipinski definition) is 3. The molecule has 2 aliphatic rings. The molecule has 0 bridgehead atoms. The van der Waals surface area contributed by atoms with Crippen LogP contribution in [0.4, 0.5) is 0 Å². The zero-order valence-corrected chi connectivity index (χ0v) is 13.6. The second-order valence-electron chi connectivity index (χ2n) is 6.48. The molecule has 0 aliphatic carbocycles. The van der Waals surface area contributed by atoms with E-state index in [2.05, 4.69) is 0 Å². The Morgan fingerprint density at radius 3 is 2.64 bits per heavy atom. The topological polar surface area (TPSA) is 100.0 Å². The molecule has 2 aliphatic heterocycles. The van der Waals surface area contributed by atoms with Gasteiger partial charge >= 0.3 is 0 Å². The van der Waals surface area contributed by atoms with E-state index in [1.165, 1.54) is 0 Å². The molecule has 0 aromatic rings. The van der Waals surface area contributed by atoms with Gasteiger partial charge in [0.25, 0.3) is 0 Å². The van der Waals surface area contributed by atoms with E-state index < -0.39 is 36.9 Å². The molecule has 22 heavy (non-hydrogen) atoms. The van der Waals surface area contributed by atoms with Gasteiger partial charge in [-0.1, -0.05) is 20.8 Å². The summed E-state index contributed by atoms with van der Waals surface area (Å²) < 4.78 is 25.4. The van der Waals surface area contributed by atoms with Crippen molar-refractivity contribution in [2.75, 3.05) is 6.61 Å².